The maximum Gasteiger partial charge on any atom is 0.253 e. The van der Waals surface area contributed by atoms with Crippen LogP contribution in [0.3, 0.4) is 0 Å². The number of aryl methyl sites for hydroxylation is 2. The molecule has 0 bridgehead atoms. The summed E-state index contributed by atoms with van der Waals surface area (Å²) in [4.78, 5) is 16.4. The average Bonchev–Trinajstić information content (AvgIpc) is 2.30. The maximum atomic E-state index is 12.1. The molecule has 4 heteroatoms. The molecule has 1 fully saturated rings. The number of carbonyl (C=O) groups is 1. The number of carbonyl (C=O) groups excluding carboxylic acids is 1. The fourth-order valence-electron chi connectivity index (χ4n) is 2.16. The zero-order valence-corrected chi connectivity index (χ0v) is 10.4. The van der Waals surface area contributed by atoms with Gasteiger partial charge in [0.05, 0.1) is 11.3 Å². The van der Waals surface area contributed by atoms with Gasteiger partial charge in [-0.25, -0.2) is 0 Å². The van der Waals surface area contributed by atoms with Gasteiger partial charge in [-0.2, -0.15) is 0 Å². The zero-order valence-electron chi connectivity index (χ0n) is 10.4. The van der Waals surface area contributed by atoms with Gasteiger partial charge in [0.2, 0.25) is 0 Å². The summed E-state index contributed by atoms with van der Waals surface area (Å²) in [6.45, 7) is 5.72. The van der Waals surface area contributed by atoms with E-state index in [9.17, 15) is 4.79 Å². The number of rotatable bonds is 2. The Morgan fingerprint density at radius 2 is 2.29 bits per heavy atom. The summed E-state index contributed by atoms with van der Waals surface area (Å²) in [5, 5.41) is 6.34. The highest BCUT2D eigenvalue weighted by Crippen LogP contribution is 2.08. The summed E-state index contributed by atoms with van der Waals surface area (Å²) in [7, 11) is 0. The Bertz CT molecular complexity index is 411. The molecule has 0 aliphatic carbocycles. The molecule has 92 valence electrons. The van der Waals surface area contributed by atoms with Crippen LogP contribution < -0.4 is 10.6 Å². The standard InChI is InChI=1S/C13H19N3O/c1-9-5-6-12(10(2)15-9)13(17)16-11-4-3-7-14-8-11/h5-6,11,14H,3-4,7-8H2,1-2H3,(H,16,17)/t11-/m1/s1. The first-order valence-corrected chi connectivity index (χ1v) is 6.12. The van der Waals surface area contributed by atoms with Crippen molar-refractivity contribution in [1.82, 2.24) is 15.6 Å². The summed E-state index contributed by atoms with van der Waals surface area (Å²) in [6, 6.07) is 3.97. The van der Waals surface area contributed by atoms with E-state index < -0.39 is 0 Å². The minimum Gasteiger partial charge on any atom is -0.348 e. The topological polar surface area (TPSA) is 54.0 Å². The number of nitrogens with one attached hydrogen (secondary N) is 2. The lowest BCUT2D eigenvalue weighted by Crippen LogP contribution is -2.45. The third-order valence-electron chi connectivity index (χ3n) is 3.10. The van der Waals surface area contributed by atoms with Crippen molar-refractivity contribution in [2.45, 2.75) is 32.7 Å². The van der Waals surface area contributed by atoms with Crippen molar-refractivity contribution in [2.24, 2.45) is 0 Å². The largest absolute Gasteiger partial charge is 0.348 e. The van der Waals surface area contributed by atoms with Crippen molar-refractivity contribution < 1.29 is 4.79 Å². The van der Waals surface area contributed by atoms with Crippen LogP contribution in [0.2, 0.25) is 0 Å². The molecular formula is C13H19N3O. The lowest BCUT2D eigenvalue weighted by Gasteiger charge is -2.24. The first-order valence-electron chi connectivity index (χ1n) is 6.12. The Morgan fingerprint density at radius 3 is 2.94 bits per heavy atom. The lowest BCUT2D eigenvalue weighted by atomic mass is 10.1. The van der Waals surface area contributed by atoms with E-state index in [-0.39, 0.29) is 11.9 Å². The van der Waals surface area contributed by atoms with E-state index >= 15 is 0 Å². The predicted molar refractivity (Wildman–Crippen MR) is 67.1 cm³/mol. The molecule has 17 heavy (non-hydrogen) atoms. The van der Waals surface area contributed by atoms with Crippen LogP contribution in [0.25, 0.3) is 0 Å². The fraction of sp³-hybridized carbons (Fsp3) is 0.538. The molecule has 1 aliphatic heterocycles. The van der Waals surface area contributed by atoms with Crippen molar-refractivity contribution >= 4 is 5.91 Å². The molecule has 1 aromatic rings. The van der Waals surface area contributed by atoms with Gasteiger partial charge in [0.25, 0.3) is 5.91 Å². The van der Waals surface area contributed by atoms with Gasteiger partial charge in [-0.3, -0.25) is 9.78 Å². The molecule has 2 N–H and O–H groups in total. The van der Waals surface area contributed by atoms with Gasteiger partial charge in [-0.1, -0.05) is 0 Å². The molecule has 0 aromatic carbocycles. The third kappa shape index (κ3) is 3.03. The van der Waals surface area contributed by atoms with E-state index in [0.717, 1.165) is 37.3 Å². The van der Waals surface area contributed by atoms with Gasteiger partial charge in [0.1, 0.15) is 0 Å². The first-order chi connectivity index (χ1) is 8.16. The molecule has 0 spiro atoms. The van der Waals surface area contributed by atoms with Gasteiger partial charge in [-0.05, 0) is 45.4 Å². The summed E-state index contributed by atoms with van der Waals surface area (Å²) >= 11 is 0. The van der Waals surface area contributed by atoms with E-state index in [2.05, 4.69) is 15.6 Å². The molecule has 0 radical (unpaired) electrons. The van der Waals surface area contributed by atoms with Crippen molar-refractivity contribution in [3.8, 4) is 0 Å². The van der Waals surface area contributed by atoms with E-state index in [1.165, 1.54) is 0 Å². The molecule has 1 aromatic heterocycles. The van der Waals surface area contributed by atoms with Gasteiger partial charge in [0, 0.05) is 18.3 Å². The summed E-state index contributed by atoms with van der Waals surface area (Å²) in [6.07, 6.45) is 2.17. The van der Waals surface area contributed by atoms with Crippen LogP contribution in [-0.2, 0) is 0 Å². The second kappa shape index (κ2) is 5.27. The van der Waals surface area contributed by atoms with Crippen molar-refractivity contribution in [1.29, 1.82) is 0 Å². The smallest absolute Gasteiger partial charge is 0.253 e. The fourth-order valence-corrected chi connectivity index (χ4v) is 2.16. The summed E-state index contributed by atoms with van der Waals surface area (Å²) in [5.41, 5.74) is 2.42. The minimum absolute atomic E-state index is 0.0105. The second-order valence-electron chi connectivity index (χ2n) is 4.60. The number of hydrogen-bond acceptors (Lipinski definition) is 3. The number of piperidine rings is 1. The maximum absolute atomic E-state index is 12.1. The Balaban J connectivity index is 2.03. The van der Waals surface area contributed by atoms with Crippen LogP contribution in [0.4, 0.5) is 0 Å². The molecule has 1 saturated heterocycles. The van der Waals surface area contributed by atoms with Crippen LogP contribution in [0.5, 0.6) is 0 Å². The highest BCUT2D eigenvalue weighted by atomic mass is 16.1. The highest BCUT2D eigenvalue weighted by Gasteiger charge is 2.17. The summed E-state index contributed by atoms with van der Waals surface area (Å²) in [5.74, 6) is -0.0105. The van der Waals surface area contributed by atoms with Crippen molar-refractivity contribution in [2.75, 3.05) is 13.1 Å². The molecule has 1 atom stereocenters. The van der Waals surface area contributed by atoms with E-state index in [1.54, 1.807) is 0 Å². The Kier molecular flexibility index (Phi) is 3.74. The van der Waals surface area contributed by atoms with Gasteiger partial charge < -0.3 is 10.6 Å². The molecular weight excluding hydrogens is 214 g/mol. The lowest BCUT2D eigenvalue weighted by molar-refractivity contribution is 0.0929. The van der Waals surface area contributed by atoms with Crippen LogP contribution in [0.15, 0.2) is 12.1 Å². The highest BCUT2D eigenvalue weighted by molar-refractivity contribution is 5.95. The molecule has 2 rings (SSSR count). The molecule has 1 amide bonds. The van der Waals surface area contributed by atoms with Gasteiger partial charge >= 0.3 is 0 Å². The van der Waals surface area contributed by atoms with Crippen molar-refractivity contribution in [3.05, 3.63) is 29.1 Å². The predicted octanol–water partition coefficient (Wildman–Crippen LogP) is 1.18. The van der Waals surface area contributed by atoms with E-state index in [4.69, 9.17) is 0 Å². The third-order valence-corrected chi connectivity index (χ3v) is 3.10. The Morgan fingerprint density at radius 1 is 1.47 bits per heavy atom. The van der Waals surface area contributed by atoms with Crippen LogP contribution in [0, 0.1) is 13.8 Å². The van der Waals surface area contributed by atoms with Crippen molar-refractivity contribution in [3.63, 3.8) is 0 Å². The van der Waals surface area contributed by atoms with Crippen LogP contribution >= 0.6 is 0 Å². The SMILES string of the molecule is Cc1ccc(C(=O)N[C@@H]2CCCNC2)c(C)n1. The van der Waals surface area contributed by atoms with E-state index in [0.29, 0.717) is 5.56 Å². The van der Waals surface area contributed by atoms with E-state index in [1.807, 2.05) is 26.0 Å². The monoisotopic (exact) mass is 233 g/mol. The number of pyridine rings is 1. The number of hydrogen-bond donors (Lipinski definition) is 2. The number of amides is 1. The number of nitrogens with zero attached hydrogens (tertiary/aromatic N) is 1. The first kappa shape index (κ1) is 12.0. The Labute approximate surface area is 102 Å². The molecule has 4 nitrogen and oxygen atoms in total. The quantitative estimate of drug-likeness (QED) is 0.806. The number of aromatic nitrogens is 1. The van der Waals surface area contributed by atoms with Crippen LogP contribution in [-0.4, -0.2) is 30.0 Å². The molecule has 0 unspecified atom stereocenters. The Hall–Kier alpha value is -1.42. The molecule has 2 heterocycles. The normalized spacial score (nSPS) is 20.0. The van der Waals surface area contributed by atoms with Crippen LogP contribution in [0.1, 0.15) is 34.6 Å². The van der Waals surface area contributed by atoms with Gasteiger partial charge in [0.15, 0.2) is 0 Å². The van der Waals surface area contributed by atoms with Gasteiger partial charge in [-0.15, -0.1) is 0 Å². The molecule has 1 aliphatic rings. The summed E-state index contributed by atoms with van der Waals surface area (Å²) < 4.78 is 0. The average molecular weight is 233 g/mol. The minimum atomic E-state index is -0.0105. The molecule has 0 saturated carbocycles. The zero-order chi connectivity index (χ0) is 12.3. The second-order valence-corrected chi connectivity index (χ2v) is 4.60.